The summed E-state index contributed by atoms with van der Waals surface area (Å²) < 4.78 is 4.90. The molecule has 2 aromatic rings. The Balaban J connectivity index is 1.48. The van der Waals surface area contributed by atoms with Crippen molar-refractivity contribution < 1.29 is 14.3 Å². The molecule has 1 aliphatic rings. The number of carbonyl (C=O) groups is 2. The summed E-state index contributed by atoms with van der Waals surface area (Å²) in [5.74, 6) is 0. The Labute approximate surface area is 140 Å². The smallest absolute Gasteiger partial charge is 0.410 e. The van der Waals surface area contributed by atoms with Crippen LogP contribution in [0, 0.1) is 0 Å². The molecule has 124 valence electrons. The van der Waals surface area contributed by atoms with E-state index < -0.39 is 0 Å². The SMILES string of the molecule is O=C(NCc1ccccc1)Nc1ccc(CN2CCOC2=O)cc1. The lowest BCUT2D eigenvalue weighted by atomic mass is 10.2. The van der Waals surface area contributed by atoms with Crippen LogP contribution in [0.25, 0.3) is 0 Å². The molecule has 0 atom stereocenters. The molecule has 0 spiro atoms. The summed E-state index contributed by atoms with van der Waals surface area (Å²) in [6.07, 6.45) is -0.280. The van der Waals surface area contributed by atoms with Gasteiger partial charge in [0.2, 0.25) is 0 Å². The third kappa shape index (κ3) is 4.25. The second kappa shape index (κ2) is 7.50. The second-order valence-electron chi connectivity index (χ2n) is 5.53. The highest BCUT2D eigenvalue weighted by molar-refractivity contribution is 5.89. The van der Waals surface area contributed by atoms with Crippen molar-refractivity contribution in [1.82, 2.24) is 10.2 Å². The number of nitrogens with one attached hydrogen (secondary N) is 2. The zero-order valence-electron chi connectivity index (χ0n) is 13.2. The molecule has 3 rings (SSSR count). The van der Waals surface area contributed by atoms with Crippen LogP contribution in [0.3, 0.4) is 0 Å². The molecule has 0 aliphatic carbocycles. The standard InChI is InChI=1S/C18H19N3O3/c22-17(19-12-14-4-2-1-3-5-14)20-16-8-6-15(7-9-16)13-21-10-11-24-18(21)23/h1-9H,10-13H2,(H2,19,20,22). The van der Waals surface area contributed by atoms with E-state index in [0.717, 1.165) is 11.1 Å². The fourth-order valence-electron chi connectivity index (χ4n) is 2.44. The first-order valence-corrected chi connectivity index (χ1v) is 7.80. The number of hydrogen-bond donors (Lipinski definition) is 2. The minimum absolute atomic E-state index is 0.255. The van der Waals surface area contributed by atoms with Crippen LogP contribution in [0.15, 0.2) is 54.6 Å². The lowest BCUT2D eigenvalue weighted by Gasteiger charge is -2.13. The maximum atomic E-state index is 11.9. The molecule has 3 amide bonds. The molecule has 6 nitrogen and oxygen atoms in total. The number of amides is 3. The Morgan fingerprint density at radius 1 is 1.04 bits per heavy atom. The molecule has 2 N–H and O–H groups in total. The van der Waals surface area contributed by atoms with Crippen LogP contribution in [0.4, 0.5) is 15.3 Å². The normalized spacial score (nSPS) is 13.5. The molecule has 0 radical (unpaired) electrons. The highest BCUT2D eigenvalue weighted by Crippen LogP contribution is 2.14. The molecule has 0 saturated carbocycles. The van der Waals surface area contributed by atoms with E-state index in [-0.39, 0.29) is 12.1 Å². The average molecular weight is 325 g/mol. The van der Waals surface area contributed by atoms with Crippen molar-refractivity contribution >= 4 is 17.8 Å². The first-order valence-electron chi connectivity index (χ1n) is 7.80. The Hall–Kier alpha value is -3.02. The number of hydrogen-bond acceptors (Lipinski definition) is 3. The van der Waals surface area contributed by atoms with E-state index in [1.165, 1.54) is 0 Å². The van der Waals surface area contributed by atoms with Crippen LogP contribution >= 0.6 is 0 Å². The van der Waals surface area contributed by atoms with E-state index in [0.29, 0.717) is 31.9 Å². The average Bonchev–Trinajstić information content (AvgIpc) is 3.01. The Morgan fingerprint density at radius 3 is 2.46 bits per heavy atom. The number of urea groups is 1. The minimum atomic E-state index is -0.280. The molecule has 1 fully saturated rings. The highest BCUT2D eigenvalue weighted by Gasteiger charge is 2.21. The number of nitrogens with zero attached hydrogens (tertiary/aromatic N) is 1. The van der Waals surface area contributed by atoms with E-state index in [1.54, 1.807) is 4.90 Å². The molecule has 2 aromatic carbocycles. The molecule has 1 saturated heterocycles. The van der Waals surface area contributed by atoms with Gasteiger partial charge in [-0.3, -0.25) is 0 Å². The van der Waals surface area contributed by atoms with Gasteiger partial charge in [-0.1, -0.05) is 42.5 Å². The molecule has 24 heavy (non-hydrogen) atoms. The number of cyclic esters (lactones) is 1. The number of rotatable bonds is 5. The predicted molar refractivity (Wildman–Crippen MR) is 90.5 cm³/mol. The molecular formula is C18H19N3O3. The van der Waals surface area contributed by atoms with E-state index >= 15 is 0 Å². The molecule has 1 aliphatic heterocycles. The molecule has 6 heteroatoms. The highest BCUT2D eigenvalue weighted by atomic mass is 16.6. The lowest BCUT2D eigenvalue weighted by Crippen LogP contribution is -2.28. The topological polar surface area (TPSA) is 70.7 Å². The maximum Gasteiger partial charge on any atom is 0.410 e. The van der Waals surface area contributed by atoms with Gasteiger partial charge in [-0.25, -0.2) is 9.59 Å². The molecular weight excluding hydrogens is 306 g/mol. The third-order valence-electron chi connectivity index (χ3n) is 3.73. The van der Waals surface area contributed by atoms with Gasteiger partial charge in [0.05, 0.1) is 6.54 Å². The first kappa shape index (κ1) is 15.9. The monoisotopic (exact) mass is 325 g/mol. The van der Waals surface area contributed by atoms with E-state index in [9.17, 15) is 9.59 Å². The van der Waals surface area contributed by atoms with Crippen molar-refractivity contribution in [1.29, 1.82) is 0 Å². The Kier molecular flexibility index (Phi) is 4.96. The van der Waals surface area contributed by atoms with Crippen LogP contribution in [0.2, 0.25) is 0 Å². The molecule has 0 bridgehead atoms. The van der Waals surface area contributed by atoms with Crippen LogP contribution in [-0.4, -0.2) is 30.2 Å². The summed E-state index contributed by atoms with van der Waals surface area (Å²) in [5.41, 5.74) is 2.73. The summed E-state index contributed by atoms with van der Waals surface area (Å²) in [4.78, 5) is 25.0. The quantitative estimate of drug-likeness (QED) is 0.888. The largest absolute Gasteiger partial charge is 0.448 e. The fraction of sp³-hybridized carbons (Fsp3) is 0.222. The summed E-state index contributed by atoms with van der Waals surface area (Å²) in [7, 11) is 0. The van der Waals surface area contributed by atoms with Crippen LogP contribution in [-0.2, 0) is 17.8 Å². The van der Waals surface area contributed by atoms with Gasteiger partial charge in [0.15, 0.2) is 0 Å². The number of benzene rings is 2. The van der Waals surface area contributed by atoms with Gasteiger partial charge in [-0.2, -0.15) is 0 Å². The van der Waals surface area contributed by atoms with E-state index in [2.05, 4.69) is 10.6 Å². The van der Waals surface area contributed by atoms with Gasteiger partial charge in [0.1, 0.15) is 6.61 Å². The van der Waals surface area contributed by atoms with Gasteiger partial charge < -0.3 is 20.3 Å². The zero-order valence-corrected chi connectivity index (χ0v) is 13.2. The van der Waals surface area contributed by atoms with Gasteiger partial charge in [-0.15, -0.1) is 0 Å². The van der Waals surface area contributed by atoms with E-state index in [1.807, 2.05) is 54.6 Å². The van der Waals surface area contributed by atoms with Crippen molar-refractivity contribution in [2.24, 2.45) is 0 Å². The fourth-order valence-corrected chi connectivity index (χ4v) is 2.44. The Bertz CT molecular complexity index is 701. The van der Waals surface area contributed by atoms with E-state index in [4.69, 9.17) is 4.74 Å². The van der Waals surface area contributed by atoms with Crippen molar-refractivity contribution in [2.75, 3.05) is 18.5 Å². The molecule has 0 unspecified atom stereocenters. The number of anilines is 1. The van der Waals surface area contributed by atoms with Crippen molar-refractivity contribution in [2.45, 2.75) is 13.1 Å². The molecule has 1 heterocycles. The minimum Gasteiger partial charge on any atom is -0.448 e. The Morgan fingerprint density at radius 2 is 1.79 bits per heavy atom. The van der Waals surface area contributed by atoms with Crippen LogP contribution in [0.5, 0.6) is 0 Å². The van der Waals surface area contributed by atoms with Gasteiger partial charge >= 0.3 is 12.1 Å². The predicted octanol–water partition coefficient (Wildman–Crippen LogP) is 2.96. The zero-order chi connectivity index (χ0) is 16.8. The van der Waals surface area contributed by atoms with Crippen molar-refractivity contribution in [3.63, 3.8) is 0 Å². The summed E-state index contributed by atoms with van der Waals surface area (Å²) in [5, 5.41) is 5.59. The lowest BCUT2D eigenvalue weighted by molar-refractivity contribution is 0.157. The number of ether oxygens (including phenoxy) is 1. The van der Waals surface area contributed by atoms with Crippen LogP contribution in [0.1, 0.15) is 11.1 Å². The van der Waals surface area contributed by atoms with Gasteiger partial charge in [0.25, 0.3) is 0 Å². The maximum absolute atomic E-state index is 11.9. The van der Waals surface area contributed by atoms with Crippen molar-refractivity contribution in [3.8, 4) is 0 Å². The summed E-state index contributed by atoms with van der Waals surface area (Å²) in [6.45, 7) is 2.04. The van der Waals surface area contributed by atoms with Gasteiger partial charge in [-0.05, 0) is 23.3 Å². The van der Waals surface area contributed by atoms with Gasteiger partial charge in [0, 0.05) is 18.8 Å². The second-order valence-corrected chi connectivity index (χ2v) is 5.53. The summed E-state index contributed by atoms with van der Waals surface area (Å²) >= 11 is 0. The summed E-state index contributed by atoms with van der Waals surface area (Å²) in [6, 6.07) is 16.9. The third-order valence-corrected chi connectivity index (χ3v) is 3.73. The molecule has 0 aromatic heterocycles. The first-order chi connectivity index (χ1) is 11.7. The van der Waals surface area contributed by atoms with Crippen LogP contribution < -0.4 is 10.6 Å². The van der Waals surface area contributed by atoms with Crippen molar-refractivity contribution in [3.05, 3.63) is 65.7 Å². The number of carbonyl (C=O) groups excluding carboxylic acids is 2.